The van der Waals surface area contributed by atoms with Crippen LogP contribution in [0.5, 0.6) is 0 Å². The summed E-state index contributed by atoms with van der Waals surface area (Å²) in [5, 5.41) is 0. The molecule has 1 heterocycles. The van der Waals surface area contributed by atoms with Gasteiger partial charge in [-0.05, 0) is 37.6 Å². The van der Waals surface area contributed by atoms with Crippen molar-refractivity contribution >= 4 is 0 Å². The van der Waals surface area contributed by atoms with Gasteiger partial charge in [-0.15, -0.1) is 0 Å². The van der Waals surface area contributed by atoms with Gasteiger partial charge in [0.15, 0.2) is 0 Å². The van der Waals surface area contributed by atoms with Gasteiger partial charge in [0.1, 0.15) is 0 Å². The van der Waals surface area contributed by atoms with Crippen LogP contribution >= 0.6 is 0 Å². The predicted molar refractivity (Wildman–Crippen MR) is 87.1 cm³/mol. The highest BCUT2D eigenvalue weighted by atomic mass is 19.4. The summed E-state index contributed by atoms with van der Waals surface area (Å²) in [6.45, 7) is 8.05. The molecule has 2 rings (SSSR count). The van der Waals surface area contributed by atoms with Gasteiger partial charge < -0.3 is 9.80 Å². The SMILES string of the molecule is C=C(/C=C/CCc1cccc(C(F)(F)F)c1)N1CCN(C)CC1. The lowest BCUT2D eigenvalue weighted by Gasteiger charge is -2.34. The second-order valence-electron chi connectivity index (χ2n) is 5.92. The molecule has 0 aliphatic carbocycles. The summed E-state index contributed by atoms with van der Waals surface area (Å²) in [6.07, 6.45) is 0.978. The Balaban J connectivity index is 1.81. The maximum atomic E-state index is 12.7. The fourth-order valence-electron chi connectivity index (χ4n) is 2.57. The van der Waals surface area contributed by atoms with Crippen molar-refractivity contribution in [1.82, 2.24) is 9.80 Å². The Morgan fingerprint density at radius 3 is 2.57 bits per heavy atom. The number of nitrogens with zero attached hydrogens (tertiary/aromatic N) is 2. The highest BCUT2D eigenvalue weighted by Gasteiger charge is 2.30. The molecule has 0 radical (unpaired) electrons. The zero-order chi connectivity index (χ0) is 16.9. The summed E-state index contributed by atoms with van der Waals surface area (Å²) < 4.78 is 38.0. The van der Waals surface area contributed by atoms with Crippen molar-refractivity contribution in [2.75, 3.05) is 33.2 Å². The first-order chi connectivity index (χ1) is 10.9. The summed E-state index contributed by atoms with van der Waals surface area (Å²) >= 11 is 0. The lowest BCUT2D eigenvalue weighted by molar-refractivity contribution is -0.137. The van der Waals surface area contributed by atoms with Crippen molar-refractivity contribution < 1.29 is 13.2 Å². The van der Waals surface area contributed by atoms with Crippen molar-refractivity contribution in [3.8, 4) is 0 Å². The van der Waals surface area contributed by atoms with Crippen LogP contribution in [0.15, 0.2) is 48.7 Å². The molecule has 1 saturated heterocycles. The summed E-state index contributed by atoms with van der Waals surface area (Å²) in [5.41, 5.74) is 1.10. The Morgan fingerprint density at radius 1 is 1.22 bits per heavy atom. The van der Waals surface area contributed by atoms with E-state index in [1.807, 2.05) is 12.2 Å². The minimum atomic E-state index is -4.28. The molecule has 1 aliphatic rings. The molecule has 0 atom stereocenters. The second kappa shape index (κ2) is 7.68. The number of rotatable bonds is 5. The molecule has 5 heteroatoms. The first-order valence-electron chi connectivity index (χ1n) is 7.81. The molecule has 0 amide bonds. The average Bonchev–Trinajstić information content (AvgIpc) is 2.51. The molecule has 1 aromatic rings. The molecular formula is C18H23F3N2. The summed E-state index contributed by atoms with van der Waals surface area (Å²) in [4.78, 5) is 4.52. The Morgan fingerprint density at radius 2 is 1.91 bits per heavy atom. The van der Waals surface area contributed by atoms with Crippen LogP contribution in [0.25, 0.3) is 0 Å². The standard InChI is InChI=1S/C18H23F3N2/c1-15(23-12-10-22(2)11-13-23)6-3-4-7-16-8-5-9-17(14-16)18(19,20)21/h3,5-6,8-9,14H,1,4,7,10-13H2,2H3/b6-3+. The zero-order valence-corrected chi connectivity index (χ0v) is 13.4. The van der Waals surface area contributed by atoms with Gasteiger partial charge in [-0.2, -0.15) is 13.2 Å². The number of hydrogen-bond donors (Lipinski definition) is 0. The van der Waals surface area contributed by atoms with Gasteiger partial charge in [-0.3, -0.25) is 0 Å². The lowest BCUT2D eigenvalue weighted by atomic mass is 10.1. The number of allylic oxidation sites excluding steroid dienone is 2. The Bertz CT molecular complexity index is 556. The van der Waals surface area contributed by atoms with Crippen molar-refractivity contribution in [2.24, 2.45) is 0 Å². The van der Waals surface area contributed by atoms with Gasteiger partial charge in [0.2, 0.25) is 0 Å². The third-order valence-corrected chi connectivity index (χ3v) is 4.07. The molecule has 1 fully saturated rings. The largest absolute Gasteiger partial charge is 0.416 e. The number of piperazine rings is 1. The summed E-state index contributed by atoms with van der Waals surface area (Å²) in [5.74, 6) is 0. The number of alkyl halides is 3. The third-order valence-electron chi connectivity index (χ3n) is 4.07. The molecule has 23 heavy (non-hydrogen) atoms. The number of aryl methyl sites for hydroxylation is 1. The van der Waals surface area contributed by atoms with Crippen molar-refractivity contribution in [2.45, 2.75) is 19.0 Å². The van der Waals surface area contributed by atoms with E-state index in [1.54, 1.807) is 6.07 Å². The molecule has 0 N–H and O–H groups in total. The van der Waals surface area contributed by atoms with E-state index in [-0.39, 0.29) is 0 Å². The highest BCUT2D eigenvalue weighted by molar-refractivity contribution is 5.26. The Labute approximate surface area is 135 Å². The molecule has 0 aromatic heterocycles. The zero-order valence-electron chi connectivity index (χ0n) is 13.4. The van der Waals surface area contributed by atoms with Crippen LogP contribution in [0, 0.1) is 0 Å². The van der Waals surface area contributed by atoms with Crippen LogP contribution in [-0.4, -0.2) is 43.0 Å². The third kappa shape index (κ3) is 5.43. The number of benzene rings is 1. The molecule has 0 bridgehead atoms. The number of hydrogen-bond acceptors (Lipinski definition) is 2. The average molecular weight is 324 g/mol. The monoisotopic (exact) mass is 324 g/mol. The normalized spacial score (nSPS) is 17.0. The van der Waals surface area contributed by atoms with Crippen molar-refractivity contribution in [3.05, 3.63) is 59.8 Å². The van der Waals surface area contributed by atoms with Crippen LogP contribution in [0.3, 0.4) is 0 Å². The van der Waals surface area contributed by atoms with E-state index in [0.717, 1.165) is 37.9 Å². The van der Waals surface area contributed by atoms with E-state index < -0.39 is 11.7 Å². The molecule has 1 aromatic carbocycles. The molecule has 2 nitrogen and oxygen atoms in total. The van der Waals surface area contributed by atoms with Gasteiger partial charge in [0.25, 0.3) is 0 Å². The Kier molecular flexibility index (Phi) is 5.88. The number of likely N-dealkylation sites (N-methyl/N-ethyl adjacent to an activating group) is 1. The van der Waals surface area contributed by atoms with E-state index in [4.69, 9.17) is 0 Å². The van der Waals surface area contributed by atoms with Crippen LogP contribution in [0.1, 0.15) is 17.5 Å². The summed E-state index contributed by atoms with van der Waals surface area (Å²) in [7, 11) is 2.10. The first-order valence-corrected chi connectivity index (χ1v) is 7.81. The van der Waals surface area contributed by atoms with E-state index in [1.165, 1.54) is 12.1 Å². The predicted octanol–water partition coefficient (Wildman–Crippen LogP) is 3.96. The molecule has 0 unspecified atom stereocenters. The van der Waals surface area contributed by atoms with Crippen LogP contribution in [0.2, 0.25) is 0 Å². The molecule has 1 aliphatic heterocycles. The van der Waals surface area contributed by atoms with Gasteiger partial charge >= 0.3 is 6.18 Å². The van der Waals surface area contributed by atoms with Crippen LogP contribution in [-0.2, 0) is 12.6 Å². The first kappa shape index (κ1) is 17.6. The van der Waals surface area contributed by atoms with Gasteiger partial charge in [-0.25, -0.2) is 0 Å². The minimum absolute atomic E-state index is 0.583. The van der Waals surface area contributed by atoms with E-state index >= 15 is 0 Å². The van der Waals surface area contributed by atoms with Crippen LogP contribution < -0.4 is 0 Å². The molecule has 0 saturated carbocycles. The van der Waals surface area contributed by atoms with Crippen molar-refractivity contribution in [1.29, 1.82) is 0 Å². The van der Waals surface area contributed by atoms with Gasteiger partial charge in [0.05, 0.1) is 5.56 Å². The maximum absolute atomic E-state index is 12.7. The highest BCUT2D eigenvalue weighted by Crippen LogP contribution is 2.29. The fraction of sp³-hybridized carbons (Fsp3) is 0.444. The molecule has 0 spiro atoms. The Hall–Kier alpha value is -1.75. The van der Waals surface area contributed by atoms with E-state index in [0.29, 0.717) is 18.4 Å². The van der Waals surface area contributed by atoms with Crippen LogP contribution in [0.4, 0.5) is 13.2 Å². The van der Waals surface area contributed by atoms with E-state index in [9.17, 15) is 13.2 Å². The quantitative estimate of drug-likeness (QED) is 0.757. The summed E-state index contributed by atoms with van der Waals surface area (Å²) in [6, 6.07) is 5.53. The number of halogens is 3. The molecule has 126 valence electrons. The maximum Gasteiger partial charge on any atom is 0.416 e. The minimum Gasteiger partial charge on any atom is -0.369 e. The molecular weight excluding hydrogens is 301 g/mol. The van der Waals surface area contributed by atoms with Crippen molar-refractivity contribution in [3.63, 3.8) is 0 Å². The second-order valence-corrected chi connectivity index (χ2v) is 5.92. The topological polar surface area (TPSA) is 6.48 Å². The smallest absolute Gasteiger partial charge is 0.369 e. The lowest BCUT2D eigenvalue weighted by Crippen LogP contribution is -2.43. The van der Waals surface area contributed by atoms with Gasteiger partial charge in [0, 0.05) is 31.9 Å². The fourth-order valence-corrected chi connectivity index (χ4v) is 2.57. The van der Waals surface area contributed by atoms with Gasteiger partial charge in [-0.1, -0.05) is 30.9 Å². The van der Waals surface area contributed by atoms with E-state index in [2.05, 4.69) is 23.4 Å².